The number of hydrogen-bond donors (Lipinski definition) is 1. The van der Waals surface area contributed by atoms with E-state index in [0.29, 0.717) is 0 Å². The quantitative estimate of drug-likeness (QED) is 0.765. The highest BCUT2D eigenvalue weighted by atomic mass is 14.9. The number of aromatic amines is 1. The summed E-state index contributed by atoms with van der Waals surface area (Å²) in [5.74, 6) is 2.90. The molecule has 2 nitrogen and oxygen atoms in total. The van der Waals surface area contributed by atoms with Crippen LogP contribution in [0.5, 0.6) is 0 Å². The van der Waals surface area contributed by atoms with Crippen LogP contribution in [0.25, 0.3) is 10.9 Å². The van der Waals surface area contributed by atoms with E-state index < -0.39 is 0 Å². The Hall–Kier alpha value is -1.57. The molecule has 0 spiro atoms. The summed E-state index contributed by atoms with van der Waals surface area (Å²) < 4.78 is 0. The number of aliphatic imine (C=N–C) groups is 1. The van der Waals surface area contributed by atoms with E-state index >= 15 is 0 Å². The van der Waals surface area contributed by atoms with Gasteiger partial charge in [0.15, 0.2) is 0 Å². The number of aromatic nitrogens is 1. The second-order valence-electron chi connectivity index (χ2n) is 8.11. The maximum absolute atomic E-state index is 5.22. The van der Waals surface area contributed by atoms with Crippen molar-refractivity contribution in [3.05, 3.63) is 35.5 Å². The molecule has 0 atom stereocenters. The first-order valence-electron chi connectivity index (χ1n) is 8.83. The molecule has 4 fully saturated rings. The molecule has 0 unspecified atom stereocenters. The van der Waals surface area contributed by atoms with Gasteiger partial charge in [-0.25, -0.2) is 0 Å². The second kappa shape index (κ2) is 4.47. The number of benzene rings is 1. The Morgan fingerprint density at radius 2 is 1.68 bits per heavy atom. The van der Waals surface area contributed by atoms with Crippen molar-refractivity contribution in [2.45, 2.75) is 51.0 Å². The Labute approximate surface area is 132 Å². The van der Waals surface area contributed by atoms with Gasteiger partial charge in [0.1, 0.15) is 0 Å². The predicted molar refractivity (Wildman–Crippen MR) is 91.5 cm³/mol. The zero-order valence-corrected chi connectivity index (χ0v) is 13.3. The highest BCUT2D eigenvalue weighted by Crippen LogP contribution is 2.57. The van der Waals surface area contributed by atoms with Gasteiger partial charge in [-0.2, -0.15) is 0 Å². The number of aryl methyl sites for hydroxylation is 1. The average molecular weight is 292 g/mol. The van der Waals surface area contributed by atoms with Crippen LogP contribution in [0.4, 0.5) is 0 Å². The fourth-order valence-corrected chi connectivity index (χ4v) is 5.89. The van der Waals surface area contributed by atoms with Crippen LogP contribution in [-0.2, 0) is 0 Å². The van der Waals surface area contributed by atoms with Gasteiger partial charge >= 0.3 is 0 Å². The maximum Gasteiger partial charge on any atom is 0.0616 e. The molecule has 114 valence electrons. The lowest BCUT2D eigenvalue weighted by atomic mass is 9.53. The lowest BCUT2D eigenvalue weighted by Crippen LogP contribution is -2.49. The van der Waals surface area contributed by atoms with E-state index in [2.05, 4.69) is 42.4 Å². The molecule has 4 aliphatic rings. The largest absolute Gasteiger partial charge is 0.358 e. The van der Waals surface area contributed by atoms with E-state index in [1.807, 2.05) is 0 Å². The maximum atomic E-state index is 5.22. The molecule has 4 saturated carbocycles. The zero-order chi connectivity index (χ0) is 14.7. The van der Waals surface area contributed by atoms with Crippen molar-refractivity contribution in [3.63, 3.8) is 0 Å². The smallest absolute Gasteiger partial charge is 0.0616 e. The SMILES string of the molecule is Cc1[nH]c2ccccc2c1C=NC12CC3CC(CC(C3)C1)C2. The molecular formula is C20H24N2. The Balaban J connectivity index is 1.52. The van der Waals surface area contributed by atoms with Crippen molar-refractivity contribution in [2.24, 2.45) is 22.7 Å². The van der Waals surface area contributed by atoms with Crippen LogP contribution in [0.1, 0.15) is 49.8 Å². The lowest BCUT2D eigenvalue weighted by molar-refractivity contribution is 0.00195. The van der Waals surface area contributed by atoms with Crippen LogP contribution in [0.3, 0.4) is 0 Å². The summed E-state index contributed by atoms with van der Waals surface area (Å²) in [7, 11) is 0. The Kier molecular flexibility index (Phi) is 2.62. The highest BCUT2D eigenvalue weighted by molar-refractivity contribution is 6.00. The number of nitrogens with zero attached hydrogens (tertiary/aromatic N) is 1. The lowest BCUT2D eigenvalue weighted by Gasteiger charge is -2.54. The van der Waals surface area contributed by atoms with Gasteiger partial charge in [-0.1, -0.05) is 18.2 Å². The molecule has 0 radical (unpaired) electrons. The molecule has 1 heterocycles. The van der Waals surface area contributed by atoms with Crippen LogP contribution in [0, 0.1) is 24.7 Å². The van der Waals surface area contributed by atoms with Crippen LogP contribution in [0.2, 0.25) is 0 Å². The van der Waals surface area contributed by atoms with Crippen molar-refractivity contribution in [1.82, 2.24) is 4.98 Å². The van der Waals surface area contributed by atoms with E-state index in [4.69, 9.17) is 4.99 Å². The Bertz CT molecular complexity index is 717. The normalized spacial score (nSPS) is 36.7. The molecule has 22 heavy (non-hydrogen) atoms. The number of fused-ring (bicyclic) bond motifs is 1. The second-order valence-corrected chi connectivity index (χ2v) is 8.11. The Morgan fingerprint density at radius 3 is 2.36 bits per heavy atom. The summed E-state index contributed by atoms with van der Waals surface area (Å²) in [5.41, 5.74) is 4.05. The third-order valence-corrected chi connectivity index (χ3v) is 6.42. The minimum absolute atomic E-state index is 0.277. The van der Waals surface area contributed by atoms with Gasteiger partial charge in [-0.3, -0.25) is 4.99 Å². The van der Waals surface area contributed by atoms with Crippen molar-refractivity contribution in [3.8, 4) is 0 Å². The van der Waals surface area contributed by atoms with Gasteiger partial charge in [0.25, 0.3) is 0 Å². The summed E-state index contributed by atoms with van der Waals surface area (Å²) in [6.45, 7) is 2.17. The molecule has 1 aromatic heterocycles. The molecular weight excluding hydrogens is 268 g/mol. The summed E-state index contributed by atoms with van der Waals surface area (Å²) in [4.78, 5) is 8.72. The first-order chi connectivity index (χ1) is 10.7. The summed E-state index contributed by atoms with van der Waals surface area (Å²) >= 11 is 0. The molecule has 2 aromatic rings. The molecule has 0 aliphatic heterocycles. The standard InChI is InChI=1S/C20H24N2/c1-13-18(17-4-2-3-5-19(17)22-13)12-21-20-9-14-6-15(10-20)8-16(7-14)11-20/h2-5,12,14-16,22H,6-11H2,1H3. The van der Waals surface area contributed by atoms with E-state index in [1.165, 1.54) is 60.7 Å². The molecule has 1 aromatic carbocycles. The number of H-pyrrole nitrogens is 1. The first kappa shape index (κ1) is 12.9. The molecule has 6 rings (SSSR count). The third kappa shape index (κ3) is 1.89. The summed E-state index contributed by atoms with van der Waals surface area (Å²) in [5, 5.41) is 1.31. The van der Waals surface area contributed by atoms with E-state index in [0.717, 1.165) is 17.8 Å². The van der Waals surface area contributed by atoms with Crippen molar-refractivity contribution < 1.29 is 0 Å². The van der Waals surface area contributed by atoms with Crippen molar-refractivity contribution in [2.75, 3.05) is 0 Å². The van der Waals surface area contributed by atoms with Gasteiger partial charge in [-0.05, 0) is 69.3 Å². The van der Waals surface area contributed by atoms with Crippen LogP contribution in [-0.4, -0.2) is 16.7 Å². The average Bonchev–Trinajstić information content (AvgIpc) is 2.79. The molecule has 0 saturated heterocycles. The number of hydrogen-bond acceptors (Lipinski definition) is 1. The number of para-hydroxylation sites is 1. The fourth-order valence-electron chi connectivity index (χ4n) is 5.89. The van der Waals surface area contributed by atoms with E-state index in [-0.39, 0.29) is 5.54 Å². The van der Waals surface area contributed by atoms with Gasteiger partial charge in [0.2, 0.25) is 0 Å². The topological polar surface area (TPSA) is 28.1 Å². The molecule has 4 bridgehead atoms. The highest BCUT2D eigenvalue weighted by Gasteiger charge is 2.50. The predicted octanol–water partition coefficient (Wildman–Crippen LogP) is 4.86. The molecule has 0 amide bonds. The van der Waals surface area contributed by atoms with E-state index in [1.54, 1.807) is 0 Å². The van der Waals surface area contributed by atoms with E-state index in [9.17, 15) is 0 Å². The number of nitrogens with one attached hydrogen (secondary N) is 1. The van der Waals surface area contributed by atoms with Gasteiger partial charge in [-0.15, -0.1) is 0 Å². The fraction of sp³-hybridized carbons (Fsp3) is 0.550. The van der Waals surface area contributed by atoms with Gasteiger partial charge < -0.3 is 4.98 Å². The summed E-state index contributed by atoms with van der Waals surface area (Å²) in [6.07, 6.45) is 10.7. The molecule has 2 heteroatoms. The van der Waals surface area contributed by atoms with Crippen LogP contribution in [0.15, 0.2) is 29.3 Å². The monoisotopic (exact) mass is 292 g/mol. The third-order valence-electron chi connectivity index (χ3n) is 6.42. The number of rotatable bonds is 2. The van der Waals surface area contributed by atoms with Crippen molar-refractivity contribution in [1.29, 1.82) is 0 Å². The minimum Gasteiger partial charge on any atom is -0.358 e. The first-order valence-corrected chi connectivity index (χ1v) is 8.83. The van der Waals surface area contributed by atoms with Crippen molar-refractivity contribution >= 4 is 17.1 Å². The molecule has 1 N–H and O–H groups in total. The van der Waals surface area contributed by atoms with Crippen LogP contribution < -0.4 is 0 Å². The zero-order valence-electron chi connectivity index (χ0n) is 13.3. The Morgan fingerprint density at radius 1 is 1.05 bits per heavy atom. The minimum atomic E-state index is 0.277. The summed E-state index contributed by atoms with van der Waals surface area (Å²) in [6, 6.07) is 8.58. The van der Waals surface area contributed by atoms with Crippen LogP contribution >= 0.6 is 0 Å². The molecule has 4 aliphatic carbocycles. The van der Waals surface area contributed by atoms with Gasteiger partial charge in [0.05, 0.1) is 5.54 Å². The van der Waals surface area contributed by atoms with Gasteiger partial charge in [0, 0.05) is 28.4 Å².